The molecular formula is C20H17ClN2OS. The highest BCUT2D eigenvalue weighted by atomic mass is 35.5. The molecule has 3 nitrogen and oxygen atoms in total. The van der Waals surface area contributed by atoms with Gasteiger partial charge in [0.25, 0.3) is 5.91 Å². The summed E-state index contributed by atoms with van der Waals surface area (Å²) in [5.74, 6) is -0.260. The molecule has 0 unspecified atom stereocenters. The van der Waals surface area contributed by atoms with Crippen molar-refractivity contribution in [3.05, 3.63) is 73.9 Å². The number of benzene rings is 2. The van der Waals surface area contributed by atoms with E-state index in [1.54, 1.807) is 23.5 Å². The fraction of sp³-hybridized carbons (Fsp3) is 0.200. The highest BCUT2D eigenvalue weighted by Gasteiger charge is 2.21. The number of nitrogens with zero attached hydrogens (tertiary/aromatic N) is 2. The fourth-order valence-corrected chi connectivity index (χ4v) is 4.51. The number of carbonyl (C=O) groups excluding carboxylic acids is 1. The number of hydrogen-bond acceptors (Lipinski definition) is 2. The summed E-state index contributed by atoms with van der Waals surface area (Å²) < 4.78 is 2.03. The second-order valence-electron chi connectivity index (χ2n) is 6.25. The van der Waals surface area contributed by atoms with E-state index in [0.717, 1.165) is 23.2 Å². The molecule has 1 aromatic heterocycles. The van der Waals surface area contributed by atoms with Crippen LogP contribution in [0.15, 0.2) is 47.5 Å². The Morgan fingerprint density at radius 1 is 1.20 bits per heavy atom. The molecule has 0 radical (unpaired) electrons. The number of amides is 1. The van der Waals surface area contributed by atoms with Crippen LogP contribution < -0.4 is 4.80 Å². The van der Waals surface area contributed by atoms with Gasteiger partial charge in [-0.25, -0.2) is 0 Å². The maximum atomic E-state index is 12.6. The lowest BCUT2D eigenvalue weighted by atomic mass is 9.93. The predicted octanol–water partition coefficient (Wildman–Crippen LogP) is 4.56. The molecule has 4 rings (SSSR count). The number of aromatic nitrogens is 1. The molecule has 1 amide bonds. The van der Waals surface area contributed by atoms with Crippen LogP contribution in [0, 0.1) is 6.92 Å². The van der Waals surface area contributed by atoms with E-state index in [4.69, 9.17) is 11.6 Å². The lowest BCUT2D eigenvalue weighted by Gasteiger charge is -2.16. The molecule has 2 aromatic carbocycles. The second-order valence-corrected chi connectivity index (χ2v) is 7.72. The number of halogens is 1. The Kier molecular flexibility index (Phi) is 4.10. The average Bonchev–Trinajstić information content (AvgIpc) is 2.93. The third-order valence-corrected chi connectivity index (χ3v) is 6.21. The number of thiazole rings is 1. The van der Waals surface area contributed by atoms with Crippen LogP contribution in [0.2, 0.25) is 5.02 Å². The Morgan fingerprint density at radius 2 is 2.00 bits per heavy atom. The molecule has 0 saturated carbocycles. The Morgan fingerprint density at radius 3 is 2.80 bits per heavy atom. The lowest BCUT2D eigenvalue weighted by Crippen LogP contribution is -2.15. The molecule has 5 heteroatoms. The Hall–Kier alpha value is -2.17. The van der Waals surface area contributed by atoms with Crippen molar-refractivity contribution in [1.82, 2.24) is 4.57 Å². The van der Waals surface area contributed by atoms with Gasteiger partial charge in [-0.1, -0.05) is 41.9 Å². The number of aryl methyl sites for hydroxylation is 3. The van der Waals surface area contributed by atoms with Crippen LogP contribution in [0.5, 0.6) is 0 Å². The molecule has 0 N–H and O–H groups in total. The molecule has 1 heterocycles. The molecule has 1 aliphatic carbocycles. The average molecular weight is 369 g/mol. The van der Waals surface area contributed by atoms with Gasteiger partial charge >= 0.3 is 0 Å². The molecule has 0 aliphatic heterocycles. The summed E-state index contributed by atoms with van der Waals surface area (Å²) in [4.78, 5) is 18.9. The van der Waals surface area contributed by atoms with Crippen LogP contribution in [0.1, 0.15) is 26.4 Å². The van der Waals surface area contributed by atoms with Crippen molar-refractivity contribution in [2.75, 3.05) is 0 Å². The van der Waals surface area contributed by atoms with Gasteiger partial charge in [0.1, 0.15) is 0 Å². The minimum absolute atomic E-state index is 0.260. The normalized spacial score (nSPS) is 13.5. The molecule has 1 aliphatic rings. The molecule has 126 valence electrons. The number of hydrogen-bond donors (Lipinski definition) is 0. The molecule has 0 saturated heterocycles. The van der Waals surface area contributed by atoms with E-state index >= 15 is 0 Å². The first kappa shape index (κ1) is 16.3. The topological polar surface area (TPSA) is 34.4 Å². The first-order valence-corrected chi connectivity index (χ1v) is 9.36. The standard InChI is InChI=1S/C20H17ClN2OS/c1-12-7-8-14(11-16(12)21)19(24)22-20-23(2)18-15-6-4-3-5-13(15)9-10-17(18)25-20/h3-8,11H,9-10H2,1-2H3. The zero-order chi connectivity index (χ0) is 17.6. The van der Waals surface area contributed by atoms with Gasteiger partial charge in [-0.15, -0.1) is 11.3 Å². The predicted molar refractivity (Wildman–Crippen MR) is 102 cm³/mol. The van der Waals surface area contributed by atoms with Crippen molar-refractivity contribution >= 4 is 28.8 Å². The monoisotopic (exact) mass is 368 g/mol. The summed E-state index contributed by atoms with van der Waals surface area (Å²) in [6, 6.07) is 13.8. The molecule has 3 aromatic rings. The smallest absolute Gasteiger partial charge is 0.279 e. The minimum atomic E-state index is -0.260. The molecular weight excluding hydrogens is 352 g/mol. The third kappa shape index (κ3) is 2.86. The molecule has 0 atom stereocenters. The van der Waals surface area contributed by atoms with Gasteiger partial charge < -0.3 is 4.57 Å². The van der Waals surface area contributed by atoms with Crippen molar-refractivity contribution in [2.45, 2.75) is 19.8 Å². The van der Waals surface area contributed by atoms with E-state index in [2.05, 4.69) is 29.3 Å². The largest absolute Gasteiger partial charge is 0.319 e. The van der Waals surface area contributed by atoms with Gasteiger partial charge in [0, 0.05) is 28.1 Å². The van der Waals surface area contributed by atoms with E-state index < -0.39 is 0 Å². The molecule has 25 heavy (non-hydrogen) atoms. The van der Waals surface area contributed by atoms with Crippen molar-refractivity contribution in [1.29, 1.82) is 0 Å². The minimum Gasteiger partial charge on any atom is -0.319 e. The maximum Gasteiger partial charge on any atom is 0.279 e. The van der Waals surface area contributed by atoms with Crippen LogP contribution in [-0.2, 0) is 19.9 Å². The van der Waals surface area contributed by atoms with E-state index in [-0.39, 0.29) is 5.91 Å². The van der Waals surface area contributed by atoms with Gasteiger partial charge in [0.15, 0.2) is 4.80 Å². The quantitative estimate of drug-likeness (QED) is 0.620. The second kappa shape index (κ2) is 6.28. The summed E-state index contributed by atoms with van der Waals surface area (Å²) in [6.45, 7) is 1.92. The van der Waals surface area contributed by atoms with Crippen molar-refractivity contribution in [2.24, 2.45) is 12.0 Å². The molecule has 0 spiro atoms. The fourth-order valence-electron chi connectivity index (χ4n) is 3.20. The maximum absolute atomic E-state index is 12.6. The van der Waals surface area contributed by atoms with Crippen molar-refractivity contribution in [3.8, 4) is 11.3 Å². The highest BCUT2D eigenvalue weighted by molar-refractivity contribution is 7.09. The first-order chi connectivity index (χ1) is 12.0. The van der Waals surface area contributed by atoms with E-state index in [1.807, 2.05) is 24.6 Å². The van der Waals surface area contributed by atoms with Gasteiger partial charge in [0.2, 0.25) is 0 Å². The number of rotatable bonds is 1. The van der Waals surface area contributed by atoms with Gasteiger partial charge in [-0.2, -0.15) is 4.99 Å². The highest BCUT2D eigenvalue weighted by Crippen LogP contribution is 2.34. The summed E-state index contributed by atoms with van der Waals surface area (Å²) in [5.41, 5.74) is 5.25. The number of carbonyl (C=O) groups is 1. The first-order valence-electron chi connectivity index (χ1n) is 8.17. The van der Waals surface area contributed by atoms with E-state index in [0.29, 0.717) is 10.6 Å². The van der Waals surface area contributed by atoms with Crippen LogP contribution in [0.3, 0.4) is 0 Å². The Bertz CT molecular complexity index is 1060. The van der Waals surface area contributed by atoms with Crippen LogP contribution in [-0.4, -0.2) is 10.5 Å². The van der Waals surface area contributed by atoms with Gasteiger partial charge in [-0.05, 0) is 43.0 Å². The van der Waals surface area contributed by atoms with Crippen LogP contribution >= 0.6 is 22.9 Å². The Balaban J connectivity index is 1.80. The van der Waals surface area contributed by atoms with Gasteiger partial charge in [-0.3, -0.25) is 4.79 Å². The summed E-state index contributed by atoms with van der Waals surface area (Å²) in [7, 11) is 1.98. The SMILES string of the molecule is Cc1ccc(C(=O)N=c2sc3c(n2C)-c2ccccc2CC3)cc1Cl. The molecule has 0 bridgehead atoms. The van der Waals surface area contributed by atoms with Crippen LogP contribution in [0.4, 0.5) is 0 Å². The summed E-state index contributed by atoms with van der Waals surface area (Å²) in [5, 5.41) is 0.588. The van der Waals surface area contributed by atoms with Crippen molar-refractivity contribution in [3.63, 3.8) is 0 Å². The number of fused-ring (bicyclic) bond motifs is 3. The van der Waals surface area contributed by atoms with Crippen LogP contribution in [0.25, 0.3) is 11.3 Å². The van der Waals surface area contributed by atoms with Crippen molar-refractivity contribution < 1.29 is 4.79 Å². The zero-order valence-electron chi connectivity index (χ0n) is 14.0. The van der Waals surface area contributed by atoms with E-state index in [1.165, 1.54) is 21.7 Å². The summed E-state index contributed by atoms with van der Waals surface area (Å²) >= 11 is 7.73. The lowest BCUT2D eigenvalue weighted by molar-refractivity contribution is 0.0998. The summed E-state index contributed by atoms with van der Waals surface area (Å²) in [6.07, 6.45) is 2.02. The molecule has 0 fully saturated rings. The van der Waals surface area contributed by atoms with E-state index in [9.17, 15) is 4.79 Å². The third-order valence-electron chi connectivity index (χ3n) is 4.61. The zero-order valence-corrected chi connectivity index (χ0v) is 15.6. The van der Waals surface area contributed by atoms with Gasteiger partial charge in [0.05, 0.1) is 5.69 Å². The Labute approximate surface area is 155 Å².